The lowest BCUT2D eigenvalue weighted by Gasteiger charge is -2.33. The maximum atomic E-state index is 12.5. The first kappa shape index (κ1) is 17.2. The lowest BCUT2D eigenvalue weighted by atomic mass is 10.1. The van der Waals surface area contributed by atoms with E-state index < -0.39 is 11.5 Å². The Labute approximate surface area is 156 Å². The van der Waals surface area contributed by atoms with Crippen molar-refractivity contribution < 1.29 is 4.79 Å². The zero-order chi connectivity index (χ0) is 18.8. The van der Waals surface area contributed by atoms with E-state index in [0.29, 0.717) is 11.2 Å². The second-order valence-corrected chi connectivity index (χ2v) is 6.75. The molecule has 7 heteroatoms. The number of amides is 1. The van der Waals surface area contributed by atoms with Crippen molar-refractivity contribution in [3.63, 3.8) is 0 Å². The molecule has 0 unspecified atom stereocenters. The molecule has 1 aliphatic rings. The van der Waals surface area contributed by atoms with E-state index in [1.54, 1.807) is 18.3 Å². The summed E-state index contributed by atoms with van der Waals surface area (Å²) in [5.74, 6) is 0.445. The maximum absolute atomic E-state index is 12.5. The summed E-state index contributed by atoms with van der Waals surface area (Å²) in [4.78, 5) is 36.4. The number of nitrogens with zero attached hydrogens (tertiary/aromatic N) is 3. The minimum atomic E-state index is -0.448. The molecule has 3 heterocycles. The Morgan fingerprint density at radius 3 is 2.63 bits per heavy atom. The number of para-hydroxylation sites is 1. The molecule has 4 rings (SSSR count). The fraction of sp³-hybridized carbons (Fsp3) is 0.250. The quantitative estimate of drug-likeness (QED) is 0.743. The van der Waals surface area contributed by atoms with Gasteiger partial charge in [0, 0.05) is 31.7 Å². The SMILES string of the molecule is CN1CCN(c2ccc(NC(=O)c3cc4ccccc4[nH]c3=O)cn2)CC1. The summed E-state index contributed by atoms with van der Waals surface area (Å²) in [7, 11) is 2.11. The first-order valence-electron chi connectivity index (χ1n) is 8.93. The largest absolute Gasteiger partial charge is 0.354 e. The normalized spacial score (nSPS) is 15.1. The zero-order valence-corrected chi connectivity index (χ0v) is 15.1. The van der Waals surface area contributed by atoms with Gasteiger partial charge in [0.05, 0.1) is 11.9 Å². The van der Waals surface area contributed by atoms with E-state index in [9.17, 15) is 9.59 Å². The standard InChI is InChI=1S/C20H21N5O2/c1-24-8-10-25(11-9-24)18-7-6-15(13-21-18)22-19(26)16-12-14-4-2-3-5-17(14)23-20(16)27/h2-7,12-13H,8-11H2,1H3,(H,22,26)(H,23,27). The molecular weight excluding hydrogens is 342 g/mol. The van der Waals surface area contributed by atoms with Crippen LogP contribution in [0.1, 0.15) is 10.4 Å². The van der Waals surface area contributed by atoms with E-state index in [1.807, 2.05) is 30.3 Å². The summed E-state index contributed by atoms with van der Waals surface area (Å²) in [6, 6.07) is 12.7. The van der Waals surface area contributed by atoms with E-state index in [-0.39, 0.29) is 5.56 Å². The van der Waals surface area contributed by atoms with Gasteiger partial charge in [-0.2, -0.15) is 0 Å². The molecule has 1 aromatic carbocycles. The third-order valence-electron chi connectivity index (χ3n) is 4.83. The molecule has 0 spiro atoms. The van der Waals surface area contributed by atoms with Gasteiger partial charge in [0.15, 0.2) is 0 Å². The molecular formula is C20H21N5O2. The van der Waals surface area contributed by atoms with Crippen LogP contribution in [0.2, 0.25) is 0 Å². The van der Waals surface area contributed by atoms with E-state index >= 15 is 0 Å². The number of benzene rings is 1. The molecule has 2 aromatic heterocycles. The van der Waals surface area contributed by atoms with E-state index in [1.165, 1.54) is 0 Å². The highest BCUT2D eigenvalue weighted by Crippen LogP contribution is 2.17. The Morgan fingerprint density at radius 1 is 1.11 bits per heavy atom. The Kier molecular flexibility index (Phi) is 4.60. The average molecular weight is 363 g/mol. The summed E-state index contributed by atoms with van der Waals surface area (Å²) < 4.78 is 0. The molecule has 1 saturated heterocycles. The van der Waals surface area contributed by atoms with Crippen LogP contribution in [0.3, 0.4) is 0 Å². The lowest BCUT2D eigenvalue weighted by molar-refractivity contribution is 0.102. The first-order valence-corrected chi connectivity index (χ1v) is 8.93. The van der Waals surface area contributed by atoms with Crippen molar-refractivity contribution in [2.75, 3.05) is 43.4 Å². The number of H-pyrrole nitrogens is 1. The highest BCUT2D eigenvalue weighted by atomic mass is 16.2. The second-order valence-electron chi connectivity index (χ2n) is 6.75. The van der Waals surface area contributed by atoms with E-state index in [4.69, 9.17) is 0 Å². The van der Waals surface area contributed by atoms with Crippen molar-refractivity contribution in [3.05, 3.63) is 64.6 Å². The number of carbonyl (C=O) groups excluding carboxylic acids is 1. The van der Waals surface area contributed by atoms with Crippen LogP contribution in [0.25, 0.3) is 10.9 Å². The van der Waals surface area contributed by atoms with Crippen molar-refractivity contribution in [1.82, 2.24) is 14.9 Å². The van der Waals surface area contributed by atoms with Crippen LogP contribution in [-0.4, -0.2) is 54.0 Å². The van der Waals surface area contributed by atoms with Crippen LogP contribution < -0.4 is 15.8 Å². The molecule has 0 aliphatic carbocycles. The highest BCUT2D eigenvalue weighted by molar-refractivity contribution is 6.05. The minimum Gasteiger partial charge on any atom is -0.354 e. The van der Waals surface area contributed by atoms with Gasteiger partial charge in [-0.05, 0) is 36.7 Å². The van der Waals surface area contributed by atoms with E-state index in [0.717, 1.165) is 37.4 Å². The van der Waals surface area contributed by atoms with Crippen molar-refractivity contribution in [3.8, 4) is 0 Å². The number of hydrogen-bond acceptors (Lipinski definition) is 5. The number of aromatic nitrogens is 2. The number of piperazine rings is 1. The molecule has 2 N–H and O–H groups in total. The van der Waals surface area contributed by atoms with Crippen LogP contribution in [-0.2, 0) is 0 Å². The monoisotopic (exact) mass is 363 g/mol. The third-order valence-corrected chi connectivity index (χ3v) is 4.83. The van der Waals surface area contributed by atoms with Gasteiger partial charge in [-0.1, -0.05) is 18.2 Å². The topological polar surface area (TPSA) is 81.3 Å². The molecule has 7 nitrogen and oxygen atoms in total. The van der Waals surface area contributed by atoms with Gasteiger partial charge in [-0.15, -0.1) is 0 Å². The predicted octanol–water partition coefficient (Wildman–Crippen LogP) is 1.93. The van der Waals surface area contributed by atoms with Crippen molar-refractivity contribution in [2.24, 2.45) is 0 Å². The predicted molar refractivity (Wildman–Crippen MR) is 106 cm³/mol. The number of hydrogen-bond donors (Lipinski definition) is 2. The van der Waals surface area contributed by atoms with Gasteiger partial charge >= 0.3 is 0 Å². The van der Waals surface area contributed by atoms with Gasteiger partial charge in [0.1, 0.15) is 11.4 Å². The van der Waals surface area contributed by atoms with Crippen molar-refractivity contribution in [1.29, 1.82) is 0 Å². The Morgan fingerprint density at radius 2 is 1.89 bits per heavy atom. The summed E-state index contributed by atoms with van der Waals surface area (Å²) in [6.07, 6.45) is 1.63. The highest BCUT2D eigenvalue weighted by Gasteiger charge is 2.16. The van der Waals surface area contributed by atoms with Crippen molar-refractivity contribution in [2.45, 2.75) is 0 Å². The molecule has 0 radical (unpaired) electrons. The lowest BCUT2D eigenvalue weighted by Crippen LogP contribution is -2.44. The van der Waals surface area contributed by atoms with Crippen LogP contribution in [0.15, 0.2) is 53.5 Å². The summed E-state index contributed by atoms with van der Waals surface area (Å²) in [5, 5.41) is 3.56. The number of fused-ring (bicyclic) bond motifs is 1. The number of anilines is 2. The molecule has 3 aromatic rings. The smallest absolute Gasteiger partial charge is 0.261 e. The molecule has 1 aliphatic heterocycles. The first-order chi connectivity index (χ1) is 13.1. The van der Waals surface area contributed by atoms with Gasteiger partial charge in [0.25, 0.3) is 11.5 Å². The molecule has 138 valence electrons. The number of rotatable bonds is 3. The summed E-state index contributed by atoms with van der Waals surface area (Å²) in [5.41, 5.74) is 0.938. The molecule has 0 bridgehead atoms. The Balaban J connectivity index is 1.50. The molecule has 0 saturated carbocycles. The summed E-state index contributed by atoms with van der Waals surface area (Å²) >= 11 is 0. The number of pyridine rings is 2. The molecule has 1 fully saturated rings. The van der Waals surface area contributed by atoms with Crippen LogP contribution in [0.4, 0.5) is 11.5 Å². The number of nitrogens with one attached hydrogen (secondary N) is 2. The minimum absolute atomic E-state index is 0.0804. The molecule has 0 atom stereocenters. The van der Waals surface area contributed by atoms with Gasteiger partial charge in [0.2, 0.25) is 0 Å². The average Bonchev–Trinajstić information content (AvgIpc) is 2.68. The van der Waals surface area contributed by atoms with Crippen LogP contribution in [0.5, 0.6) is 0 Å². The second kappa shape index (κ2) is 7.20. The molecule has 27 heavy (non-hydrogen) atoms. The number of aromatic amines is 1. The number of likely N-dealkylation sites (N-methyl/N-ethyl adjacent to an activating group) is 1. The van der Waals surface area contributed by atoms with Crippen LogP contribution in [0, 0.1) is 0 Å². The van der Waals surface area contributed by atoms with Gasteiger partial charge < -0.3 is 20.1 Å². The zero-order valence-electron chi connectivity index (χ0n) is 15.1. The Bertz CT molecular complexity index is 1020. The third kappa shape index (κ3) is 3.68. The van der Waals surface area contributed by atoms with Crippen molar-refractivity contribution >= 4 is 28.3 Å². The van der Waals surface area contributed by atoms with E-state index in [2.05, 4.69) is 32.1 Å². The Hall–Kier alpha value is -3.19. The van der Waals surface area contributed by atoms with Gasteiger partial charge in [-0.25, -0.2) is 4.98 Å². The fourth-order valence-corrected chi connectivity index (χ4v) is 3.20. The fourth-order valence-electron chi connectivity index (χ4n) is 3.20. The van der Waals surface area contributed by atoms with Gasteiger partial charge in [-0.3, -0.25) is 9.59 Å². The van der Waals surface area contributed by atoms with Crippen LogP contribution >= 0.6 is 0 Å². The molecule has 1 amide bonds. The number of carbonyl (C=O) groups is 1. The summed E-state index contributed by atoms with van der Waals surface area (Å²) in [6.45, 7) is 3.87. The maximum Gasteiger partial charge on any atom is 0.261 e.